The summed E-state index contributed by atoms with van der Waals surface area (Å²) in [7, 11) is -4.57. The van der Waals surface area contributed by atoms with Gasteiger partial charge in [0.25, 0.3) is 0 Å². The van der Waals surface area contributed by atoms with Gasteiger partial charge < -0.3 is 9.29 Å². The summed E-state index contributed by atoms with van der Waals surface area (Å²) in [5, 5.41) is 0. The van der Waals surface area contributed by atoms with Gasteiger partial charge in [-0.25, -0.2) is 26.0 Å². The number of rotatable bonds is 5. The molecule has 0 heterocycles. The molecule has 0 bridgehead atoms. The molecule has 5 nitrogen and oxygen atoms in total. The monoisotopic (exact) mass is 406 g/mol. The van der Waals surface area contributed by atoms with Crippen LogP contribution < -0.4 is 29.6 Å². The van der Waals surface area contributed by atoms with Gasteiger partial charge in [-0.3, -0.25) is 4.79 Å². The maximum atomic E-state index is 13.7. The third-order valence-corrected chi connectivity index (χ3v) is 5.39. The molecule has 2 atom stereocenters. The first-order valence-electron chi connectivity index (χ1n) is 7.20. The molecule has 1 aromatic rings. The van der Waals surface area contributed by atoms with Crippen molar-refractivity contribution in [3.8, 4) is 0 Å². The zero-order valence-electron chi connectivity index (χ0n) is 14.5. The summed E-state index contributed by atoms with van der Waals surface area (Å²) in [5.41, 5.74) is -2.77. The van der Waals surface area contributed by atoms with Gasteiger partial charge in [-0.2, -0.15) is 0 Å². The van der Waals surface area contributed by atoms with E-state index in [0.29, 0.717) is 0 Å². The summed E-state index contributed by atoms with van der Waals surface area (Å²) in [6.07, 6.45) is 0. The van der Waals surface area contributed by atoms with Crippen molar-refractivity contribution in [3.05, 3.63) is 34.4 Å². The van der Waals surface area contributed by atoms with Crippen LogP contribution in [0.3, 0.4) is 0 Å². The van der Waals surface area contributed by atoms with Gasteiger partial charge in [-0.15, -0.1) is 0 Å². The Kier molecular flexibility index (Phi) is 6.96. The Morgan fingerprint density at radius 3 is 2.00 bits per heavy atom. The van der Waals surface area contributed by atoms with Crippen molar-refractivity contribution in [2.45, 2.75) is 27.4 Å². The maximum absolute atomic E-state index is 13.7. The average molecular weight is 406 g/mol. The van der Waals surface area contributed by atoms with Crippen LogP contribution in [-0.2, 0) is 26.3 Å². The molecule has 0 radical (unpaired) electrons. The molecule has 2 unspecified atom stereocenters. The van der Waals surface area contributed by atoms with Gasteiger partial charge in [-0.05, 0) is 18.3 Å². The van der Waals surface area contributed by atoms with Gasteiger partial charge in [-0.1, -0.05) is 13.8 Å². The zero-order valence-corrected chi connectivity index (χ0v) is 17.3. The van der Waals surface area contributed by atoms with Crippen LogP contribution in [0.2, 0.25) is 0 Å². The molecule has 1 aliphatic rings. The molecule has 1 fully saturated rings. The zero-order chi connectivity index (χ0) is 19.3. The van der Waals surface area contributed by atoms with Crippen LogP contribution in [-0.4, -0.2) is 24.7 Å². The normalized spacial score (nSPS) is 21.1. The summed E-state index contributed by atoms with van der Waals surface area (Å²) < 4.78 is 91.6. The molecule has 0 spiro atoms. The van der Waals surface area contributed by atoms with Gasteiger partial charge in [0.2, 0.25) is 0 Å². The number of carbonyl (C=O) groups is 1. The van der Waals surface area contributed by atoms with Crippen molar-refractivity contribution in [3.63, 3.8) is 0 Å². The Hall–Kier alpha value is -0.680. The molecule has 1 saturated carbocycles. The predicted molar refractivity (Wildman–Crippen MR) is 76.1 cm³/mol. The molecule has 140 valence electrons. The number of halogens is 4. The van der Waals surface area contributed by atoms with Gasteiger partial charge >= 0.3 is 35.5 Å². The van der Waals surface area contributed by atoms with Crippen LogP contribution in [0.1, 0.15) is 25.0 Å². The first-order chi connectivity index (χ1) is 11.3. The summed E-state index contributed by atoms with van der Waals surface area (Å²) in [4.78, 5) is 12.0. The summed E-state index contributed by atoms with van der Waals surface area (Å²) in [5.74, 6) is -10.1. The minimum atomic E-state index is -4.57. The Morgan fingerprint density at radius 2 is 1.58 bits per heavy atom. The average Bonchev–Trinajstić information content (AvgIpc) is 3.01. The number of carbonyl (C=O) groups excluding carboxylic acids is 1. The minimum absolute atomic E-state index is 0. The van der Waals surface area contributed by atoms with Crippen molar-refractivity contribution in [2.24, 2.45) is 17.3 Å². The van der Waals surface area contributed by atoms with Crippen LogP contribution >= 0.6 is 0 Å². The molecule has 11 heteroatoms. The molecule has 0 saturated heterocycles. The minimum Gasteiger partial charge on any atom is -0.748 e. The van der Waals surface area contributed by atoms with Gasteiger partial charge in [0, 0.05) is 11.3 Å². The Labute approximate surface area is 170 Å². The SMILES string of the molecule is Cc1c(F)c(F)c(COC(=O)C2C(CS(=O)(=O)[O-])C2(C)C)c(F)c1F.[Na+]. The van der Waals surface area contributed by atoms with Crippen molar-refractivity contribution < 1.29 is 69.6 Å². The van der Waals surface area contributed by atoms with Crippen LogP contribution in [0.25, 0.3) is 0 Å². The second kappa shape index (κ2) is 7.75. The second-order valence-electron chi connectivity index (χ2n) is 6.60. The number of esters is 1. The molecule has 0 amide bonds. The molecule has 1 aromatic carbocycles. The van der Waals surface area contributed by atoms with Crippen molar-refractivity contribution in [1.29, 1.82) is 0 Å². The fraction of sp³-hybridized carbons (Fsp3) is 0.533. The molecule has 0 aromatic heterocycles. The molecule has 1 aliphatic carbocycles. The Balaban J connectivity index is 0.00000338. The summed E-state index contributed by atoms with van der Waals surface area (Å²) >= 11 is 0. The van der Waals surface area contributed by atoms with E-state index in [2.05, 4.69) is 0 Å². The van der Waals surface area contributed by atoms with Crippen molar-refractivity contribution >= 4 is 16.1 Å². The van der Waals surface area contributed by atoms with Crippen LogP contribution in [0.4, 0.5) is 17.6 Å². The van der Waals surface area contributed by atoms with E-state index in [1.165, 1.54) is 13.8 Å². The van der Waals surface area contributed by atoms with Crippen LogP contribution in [0.15, 0.2) is 0 Å². The summed E-state index contributed by atoms with van der Waals surface area (Å²) in [6, 6.07) is 0. The van der Waals surface area contributed by atoms with Crippen LogP contribution in [0, 0.1) is 47.4 Å². The molecule has 0 N–H and O–H groups in total. The van der Waals surface area contributed by atoms with E-state index in [1.807, 2.05) is 0 Å². The fourth-order valence-electron chi connectivity index (χ4n) is 2.89. The number of hydrogen-bond acceptors (Lipinski definition) is 5. The Morgan fingerprint density at radius 1 is 1.12 bits per heavy atom. The first-order valence-corrected chi connectivity index (χ1v) is 8.78. The fourth-order valence-corrected chi connectivity index (χ4v) is 3.95. The van der Waals surface area contributed by atoms with E-state index in [9.17, 15) is 35.3 Å². The third kappa shape index (κ3) is 4.41. The number of benzene rings is 1. The largest absolute Gasteiger partial charge is 1.00 e. The van der Waals surface area contributed by atoms with Crippen molar-refractivity contribution in [1.82, 2.24) is 0 Å². The second-order valence-corrected chi connectivity index (χ2v) is 8.05. The number of hydrogen-bond donors (Lipinski definition) is 0. The topological polar surface area (TPSA) is 83.5 Å². The quantitative estimate of drug-likeness (QED) is 0.215. The van der Waals surface area contributed by atoms with Gasteiger partial charge in [0.15, 0.2) is 23.3 Å². The predicted octanol–water partition coefficient (Wildman–Crippen LogP) is -0.584. The smallest absolute Gasteiger partial charge is 0.748 e. The maximum Gasteiger partial charge on any atom is 1.00 e. The third-order valence-electron chi connectivity index (χ3n) is 4.62. The van der Waals surface area contributed by atoms with E-state index in [1.54, 1.807) is 0 Å². The van der Waals surface area contributed by atoms with Crippen LogP contribution in [0.5, 0.6) is 0 Å². The molecule has 0 aliphatic heterocycles. The molecular weight excluding hydrogens is 391 g/mol. The first kappa shape index (κ1) is 23.4. The van der Waals surface area contributed by atoms with Crippen molar-refractivity contribution in [2.75, 3.05) is 5.75 Å². The molecule has 2 rings (SSSR count). The number of ether oxygens (including phenoxy) is 1. The van der Waals surface area contributed by atoms with Gasteiger partial charge in [0.05, 0.1) is 21.6 Å². The van der Waals surface area contributed by atoms with Gasteiger partial charge in [0.1, 0.15) is 6.61 Å². The van der Waals surface area contributed by atoms with E-state index >= 15 is 0 Å². The molecule has 26 heavy (non-hydrogen) atoms. The Bertz CT molecular complexity index is 812. The standard InChI is InChI=1S/C15H16F4O5S.Na/c1-6-10(16)12(18)7(13(19)11(6)17)4-24-14(20)9-8(15(9,2)3)5-25(21,22)23;/h8-9H,4-5H2,1-3H3,(H,21,22,23);/q;+1/p-1. The van der Waals surface area contributed by atoms with E-state index < -0.39 is 80.1 Å². The van der Waals surface area contributed by atoms with E-state index in [4.69, 9.17) is 4.74 Å². The summed E-state index contributed by atoms with van der Waals surface area (Å²) in [6.45, 7) is 2.85. The van der Waals surface area contributed by atoms with E-state index in [0.717, 1.165) is 6.92 Å². The molecular formula is C15H15F4NaO5S. The van der Waals surface area contributed by atoms with E-state index in [-0.39, 0.29) is 29.6 Å².